The van der Waals surface area contributed by atoms with Gasteiger partial charge in [0.15, 0.2) is 0 Å². The SMILES string of the molecule is c1csc(CCN(CCc2cccs2)CCc2cccs2)c1. The molecule has 0 aromatic carbocycles. The van der Waals surface area contributed by atoms with Crippen molar-refractivity contribution < 1.29 is 0 Å². The van der Waals surface area contributed by atoms with E-state index >= 15 is 0 Å². The molecule has 3 heterocycles. The van der Waals surface area contributed by atoms with E-state index in [0.29, 0.717) is 0 Å². The van der Waals surface area contributed by atoms with Gasteiger partial charge in [0.25, 0.3) is 0 Å². The van der Waals surface area contributed by atoms with Crippen LogP contribution in [0.25, 0.3) is 0 Å². The minimum atomic E-state index is 1.16. The van der Waals surface area contributed by atoms with Crippen LogP contribution in [0.15, 0.2) is 52.5 Å². The van der Waals surface area contributed by atoms with Gasteiger partial charge < -0.3 is 4.90 Å². The van der Waals surface area contributed by atoms with Gasteiger partial charge in [0.05, 0.1) is 0 Å². The summed E-state index contributed by atoms with van der Waals surface area (Å²) >= 11 is 5.62. The quantitative estimate of drug-likeness (QED) is 0.514. The van der Waals surface area contributed by atoms with Crippen molar-refractivity contribution in [3.8, 4) is 0 Å². The maximum absolute atomic E-state index is 2.62. The Morgan fingerprint density at radius 3 is 1.23 bits per heavy atom. The Hall–Kier alpha value is -0.940. The van der Waals surface area contributed by atoms with Crippen LogP contribution in [0, 0.1) is 0 Å². The molecule has 0 atom stereocenters. The molecular weight excluding hydrogens is 326 g/mol. The van der Waals surface area contributed by atoms with Crippen molar-refractivity contribution in [1.82, 2.24) is 4.90 Å². The Bertz CT molecular complexity index is 520. The van der Waals surface area contributed by atoms with Crippen LogP contribution in [0.5, 0.6) is 0 Å². The molecule has 0 saturated heterocycles. The Morgan fingerprint density at radius 1 is 0.591 bits per heavy atom. The van der Waals surface area contributed by atoms with Crippen LogP contribution in [0.2, 0.25) is 0 Å². The van der Waals surface area contributed by atoms with Gasteiger partial charge in [-0.05, 0) is 53.6 Å². The fraction of sp³-hybridized carbons (Fsp3) is 0.333. The summed E-state index contributed by atoms with van der Waals surface area (Å²) < 4.78 is 0. The summed E-state index contributed by atoms with van der Waals surface area (Å²) in [6.07, 6.45) is 3.52. The Labute approximate surface area is 144 Å². The second kappa shape index (κ2) is 8.63. The average molecular weight is 348 g/mol. The lowest BCUT2D eigenvalue weighted by Crippen LogP contribution is -2.30. The number of rotatable bonds is 9. The number of nitrogens with zero attached hydrogens (tertiary/aromatic N) is 1. The molecule has 3 aromatic rings. The van der Waals surface area contributed by atoms with Crippen molar-refractivity contribution >= 4 is 34.0 Å². The summed E-state index contributed by atoms with van der Waals surface area (Å²) in [5, 5.41) is 6.53. The van der Waals surface area contributed by atoms with Gasteiger partial charge in [-0.1, -0.05) is 18.2 Å². The third-order valence-corrected chi connectivity index (χ3v) is 6.57. The highest BCUT2D eigenvalue weighted by molar-refractivity contribution is 7.10. The highest BCUT2D eigenvalue weighted by Gasteiger charge is 2.08. The first-order chi connectivity index (χ1) is 10.9. The topological polar surface area (TPSA) is 3.24 Å². The molecule has 0 aliphatic carbocycles. The lowest BCUT2D eigenvalue weighted by atomic mass is 10.2. The van der Waals surface area contributed by atoms with E-state index in [4.69, 9.17) is 0 Å². The smallest absolute Gasteiger partial charge is 0.00579 e. The molecule has 3 rings (SSSR count). The van der Waals surface area contributed by atoms with Gasteiger partial charge in [0, 0.05) is 34.3 Å². The summed E-state index contributed by atoms with van der Waals surface area (Å²) in [6, 6.07) is 13.2. The maximum Gasteiger partial charge on any atom is 0.00579 e. The fourth-order valence-corrected chi connectivity index (χ4v) is 4.60. The number of thiophene rings is 3. The Balaban J connectivity index is 1.51. The van der Waals surface area contributed by atoms with E-state index in [9.17, 15) is 0 Å². The van der Waals surface area contributed by atoms with Gasteiger partial charge in [-0.25, -0.2) is 0 Å². The largest absolute Gasteiger partial charge is 0.302 e. The van der Waals surface area contributed by atoms with Gasteiger partial charge in [0.1, 0.15) is 0 Å². The van der Waals surface area contributed by atoms with Crippen LogP contribution in [-0.4, -0.2) is 24.5 Å². The van der Waals surface area contributed by atoms with Crippen molar-refractivity contribution in [3.05, 3.63) is 67.2 Å². The summed E-state index contributed by atoms with van der Waals surface area (Å²) in [5.74, 6) is 0. The normalized spacial score (nSPS) is 11.3. The first-order valence-corrected chi connectivity index (χ1v) is 10.3. The molecule has 0 fully saturated rings. The molecular formula is C18H21NS3. The van der Waals surface area contributed by atoms with Crippen molar-refractivity contribution in [2.24, 2.45) is 0 Å². The predicted octanol–water partition coefficient (Wildman–Crippen LogP) is 5.20. The van der Waals surface area contributed by atoms with E-state index in [1.54, 1.807) is 0 Å². The minimum Gasteiger partial charge on any atom is -0.302 e. The molecule has 0 bridgehead atoms. The molecule has 0 saturated carbocycles. The first kappa shape index (κ1) is 15.9. The van der Waals surface area contributed by atoms with Crippen LogP contribution in [0.3, 0.4) is 0 Å². The average Bonchev–Trinajstić information content (AvgIpc) is 3.29. The second-order valence-corrected chi connectivity index (χ2v) is 8.43. The van der Waals surface area contributed by atoms with Gasteiger partial charge in [-0.15, -0.1) is 34.0 Å². The van der Waals surface area contributed by atoms with E-state index in [2.05, 4.69) is 57.4 Å². The van der Waals surface area contributed by atoms with Crippen LogP contribution < -0.4 is 0 Å². The highest BCUT2D eigenvalue weighted by Crippen LogP contribution is 2.14. The van der Waals surface area contributed by atoms with Crippen molar-refractivity contribution in [3.63, 3.8) is 0 Å². The van der Waals surface area contributed by atoms with Gasteiger partial charge >= 0.3 is 0 Å². The Morgan fingerprint density at radius 2 is 0.955 bits per heavy atom. The lowest BCUT2D eigenvalue weighted by Gasteiger charge is -2.21. The summed E-state index contributed by atoms with van der Waals surface area (Å²) in [5.41, 5.74) is 0. The number of hydrogen-bond donors (Lipinski definition) is 0. The van der Waals surface area contributed by atoms with Crippen molar-refractivity contribution in [1.29, 1.82) is 0 Å². The van der Waals surface area contributed by atoms with Crippen LogP contribution in [-0.2, 0) is 19.3 Å². The van der Waals surface area contributed by atoms with Gasteiger partial charge in [-0.3, -0.25) is 0 Å². The van der Waals surface area contributed by atoms with E-state index in [1.165, 1.54) is 33.9 Å². The molecule has 0 N–H and O–H groups in total. The predicted molar refractivity (Wildman–Crippen MR) is 101 cm³/mol. The van der Waals surface area contributed by atoms with Gasteiger partial charge in [0.2, 0.25) is 0 Å². The first-order valence-electron chi connectivity index (χ1n) is 7.69. The number of hydrogen-bond acceptors (Lipinski definition) is 4. The zero-order chi connectivity index (χ0) is 15.0. The summed E-state index contributed by atoms with van der Waals surface area (Å²) in [4.78, 5) is 7.12. The fourth-order valence-electron chi connectivity index (χ4n) is 2.50. The zero-order valence-electron chi connectivity index (χ0n) is 12.6. The monoisotopic (exact) mass is 347 g/mol. The molecule has 0 aliphatic heterocycles. The second-order valence-electron chi connectivity index (χ2n) is 5.33. The maximum atomic E-state index is 2.62. The summed E-state index contributed by atoms with van der Waals surface area (Å²) in [6.45, 7) is 3.49. The zero-order valence-corrected chi connectivity index (χ0v) is 15.1. The lowest BCUT2D eigenvalue weighted by molar-refractivity contribution is 0.286. The van der Waals surface area contributed by atoms with E-state index in [0.717, 1.165) is 19.6 Å². The van der Waals surface area contributed by atoms with E-state index < -0.39 is 0 Å². The molecule has 22 heavy (non-hydrogen) atoms. The standard InChI is InChI=1S/C18H21NS3/c1-4-16(20-13-1)7-10-19(11-8-17-5-2-14-21-17)12-9-18-6-3-15-22-18/h1-6,13-15H,7-12H2. The molecule has 4 heteroatoms. The molecule has 3 aromatic heterocycles. The minimum absolute atomic E-state index is 1.16. The van der Waals surface area contributed by atoms with Crippen LogP contribution >= 0.6 is 34.0 Å². The van der Waals surface area contributed by atoms with E-state index in [-0.39, 0.29) is 0 Å². The summed E-state index contributed by atoms with van der Waals surface area (Å²) in [7, 11) is 0. The van der Waals surface area contributed by atoms with Gasteiger partial charge in [-0.2, -0.15) is 0 Å². The highest BCUT2D eigenvalue weighted by atomic mass is 32.1. The molecule has 0 aliphatic rings. The third kappa shape index (κ3) is 5.06. The molecule has 116 valence electrons. The Kier molecular flexibility index (Phi) is 6.25. The van der Waals surface area contributed by atoms with E-state index in [1.807, 2.05) is 34.0 Å². The van der Waals surface area contributed by atoms with Crippen LogP contribution in [0.1, 0.15) is 14.6 Å². The molecule has 0 spiro atoms. The molecule has 0 amide bonds. The van der Waals surface area contributed by atoms with Crippen LogP contribution in [0.4, 0.5) is 0 Å². The van der Waals surface area contributed by atoms with Crippen molar-refractivity contribution in [2.45, 2.75) is 19.3 Å². The molecule has 1 nitrogen and oxygen atoms in total. The van der Waals surface area contributed by atoms with Crippen molar-refractivity contribution in [2.75, 3.05) is 19.6 Å². The third-order valence-electron chi connectivity index (χ3n) is 3.76. The molecule has 0 radical (unpaired) electrons. The molecule has 0 unspecified atom stereocenters.